The van der Waals surface area contributed by atoms with Crippen LogP contribution in [0, 0.1) is 0 Å². The lowest BCUT2D eigenvalue weighted by Crippen LogP contribution is -2.38. The van der Waals surface area contributed by atoms with Crippen LogP contribution in [0.4, 0.5) is 8.78 Å². The molecule has 0 atom stereocenters. The predicted octanol–water partition coefficient (Wildman–Crippen LogP) is 4.07. The van der Waals surface area contributed by atoms with Crippen LogP contribution in [0.15, 0.2) is 65.9 Å². The molecule has 0 unspecified atom stereocenters. The van der Waals surface area contributed by atoms with Crippen molar-refractivity contribution in [2.24, 2.45) is 4.99 Å². The number of imidazole rings is 1. The van der Waals surface area contributed by atoms with E-state index in [0.29, 0.717) is 30.2 Å². The third-order valence-corrected chi connectivity index (χ3v) is 4.79. The summed E-state index contributed by atoms with van der Waals surface area (Å²) in [5.41, 5.74) is 1.74. The van der Waals surface area contributed by atoms with Gasteiger partial charge < -0.3 is 24.7 Å². The van der Waals surface area contributed by atoms with Gasteiger partial charge in [-0.25, -0.2) is 4.98 Å². The highest BCUT2D eigenvalue weighted by Gasteiger charge is 2.12. The van der Waals surface area contributed by atoms with Crippen LogP contribution < -0.4 is 20.1 Å². The number of nitrogens with zero attached hydrogens (tertiary/aromatic N) is 3. The number of guanidine groups is 1. The molecule has 3 aromatic rings. The van der Waals surface area contributed by atoms with E-state index in [1.165, 1.54) is 18.7 Å². The molecule has 7 nitrogen and oxygen atoms in total. The quantitative estimate of drug-likeness (QED) is 0.218. The summed E-state index contributed by atoms with van der Waals surface area (Å²) < 4.78 is 37.3. The van der Waals surface area contributed by atoms with Crippen LogP contribution in [0.1, 0.15) is 17.0 Å². The summed E-state index contributed by atoms with van der Waals surface area (Å²) in [7, 11) is 3.16. The number of methoxy groups -OCH3 is 1. The van der Waals surface area contributed by atoms with Crippen molar-refractivity contribution in [3.8, 4) is 11.5 Å². The fourth-order valence-corrected chi connectivity index (χ4v) is 3.22. The third-order valence-electron chi connectivity index (χ3n) is 4.79. The normalized spacial score (nSPS) is 11.1. The maximum Gasteiger partial charge on any atom is 0.387 e. The van der Waals surface area contributed by atoms with Gasteiger partial charge >= 0.3 is 6.61 Å². The standard InChI is InChI=1S/C23H27F2N5O2.HI/c1-26-23(29-15-18-14-19(31-2)8-9-20(18)32-22(24)25)28-11-10-21-27-12-13-30(21)16-17-6-4-3-5-7-17;/h3-9,12-14,22H,10-11,15-16H2,1-2H3,(H2,26,28,29);1H. The molecule has 0 saturated carbocycles. The number of hydrogen-bond donors (Lipinski definition) is 2. The highest BCUT2D eigenvalue weighted by Crippen LogP contribution is 2.25. The summed E-state index contributed by atoms with van der Waals surface area (Å²) in [6.45, 7) is -1.31. The minimum absolute atomic E-state index is 0. The summed E-state index contributed by atoms with van der Waals surface area (Å²) in [6, 6.07) is 14.9. The Morgan fingerprint density at radius 3 is 2.64 bits per heavy atom. The average Bonchev–Trinajstić information content (AvgIpc) is 3.24. The molecule has 2 N–H and O–H groups in total. The summed E-state index contributed by atoms with van der Waals surface area (Å²) in [5.74, 6) is 2.14. The molecule has 0 radical (unpaired) electrons. The Balaban J connectivity index is 0.00000385. The van der Waals surface area contributed by atoms with Crippen LogP contribution in [0.3, 0.4) is 0 Å². The molecule has 3 rings (SSSR count). The van der Waals surface area contributed by atoms with Crippen LogP contribution in [0.5, 0.6) is 11.5 Å². The Morgan fingerprint density at radius 1 is 1.15 bits per heavy atom. The SMILES string of the molecule is CN=C(NCCc1nccn1Cc1ccccc1)NCc1cc(OC)ccc1OC(F)F.I. The first-order valence-corrected chi connectivity index (χ1v) is 10.2. The van der Waals surface area contributed by atoms with E-state index in [4.69, 9.17) is 4.74 Å². The molecule has 0 aliphatic heterocycles. The second-order valence-corrected chi connectivity index (χ2v) is 6.91. The maximum atomic E-state index is 12.7. The number of rotatable bonds is 10. The van der Waals surface area contributed by atoms with Crippen molar-refractivity contribution in [3.63, 3.8) is 0 Å². The van der Waals surface area contributed by atoms with Gasteiger partial charge in [0.05, 0.1) is 7.11 Å². The van der Waals surface area contributed by atoms with Crippen molar-refractivity contribution >= 4 is 29.9 Å². The van der Waals surface area contributed by atoms with E-state index < -0.39 is 6.61 Å². The Kier molecular flexibility index (Phi) is 10.9. The first-order valence-electron chi connectivity index (χ1n) is 10.2. The first-order chi connectivity index (χ1) is 15.6. The molecule has 178 valence electrons. The Morgan fingerprint density at radius 2 is 1.94 bits per heavy atom. The Labute approximate surface area is 209 Å². The van der Waals surface area contributed by atoms with E-state index in [1.807, 2.05) is 24.4 Å². The van der Waals surface area contributed by atoms with Crippen molar-refractivity contribution in [2.75, 3.05) is 20.7 Å². The fourth-order valence-electron chi connectivity index (χ4n) is 3.22. The molecule has 0 amide bonds. The van der Waals surface area contributed by atoms with Gasteiger partial charge in [-0.05, 0) is 23.8 Å². The highest BCUT2D eigenvalue weighted by atomic mass is 127. The maximum absolute atomic E-state index is 12.7. The van der Waals surface area contributed by atoms with Gasteiger partial charge in [0.2, 0.25) is 0 Å². The smallest absolute Gasteiger partial charge is 0.387 e. The second-order valence-electron chi connectivity index (χ2n) is 6.91. The van der Waals surface area contributed by atoms with Gasteiger partial charge in [-0.2, -0.15) is 8.78 Å². The molecule has 10 heteroatoms. The van der Waals surface area contributed by atoms with Gasteiger partial charge in [0, 0.05) is 51.1 Å². The summed E-state index contributed by atoms with van der Waals surface area (Å²) in [6.07, 6.45) is 4.45. The number of aliphatic imine (C=N–C) groups is 1. The molecule has 2 aromatic carbocycles. The zero-order chi connectivity index (χ0) is 22.8. The third kappa shape index (κ3) is 8.19. The zero-order valence-electron chi connectivity index (χ0n) is 18.5. The summed E-state index contributed by atoms with van der Waals surface area (Å²) >= 11 is 0. The Hall–Kier alpha value is -2.89. The largest absolute Gasteiger partial charge is 0.497 e. The first kappa shape index (κ1) is 26.4. The number of aromatic nitrogens is 2. The monoisotopic (exact) mass is 571 g/mol. The molecular weight excluding hydrogens is 543 g/mol. The lowest BCUT2D eigenvalue weighted by molar-refractivity contribution is -0.0504. The van der Waals surface area contributed by atoms with Crippen molar-refractivity contribution in [3.05, 3.63) is 77.9 Å². The number of benzene rings is 2. The molecule has 1 aromatic heterocycles. The molecule has 33 heavy (non-hydrogen) atoms. The molecule has 1 heterocycles. The lowest BCUT2D eigenvalue weighted by atomic mass is 10.2. The topological polar surface area (TPSA) is 72.7 Å². The van der Waals surface area contributed by atoms with E-state index in [0.717, 1.165) is 12.4 Å². The predicted molar refractivity (Wildman–Crippen MR) is 135 cm³/mol. The molecular formula is C23H28F2IN5O2. The van der Waals surface area contributed by atoms with Crippen LogP contribution in [-0.2, 0) is 19.5 Å². The number of nitrogens with one attached hydrogen (secondary N) is 2. The van der Waals surface area contributed by atoms with Crippen molar-refractivity contribution in [1.29, 1.82) is 0 Å². The van der Waals surface area contributed by atoms with Gasteiger partial charge in [-0.15, -0.1) is 24.0 Å². The van der Waals surface area contributed by atoms with E-state index in [1.54, 1.807) is 25.4 Å². The number of alkyl halides is 2. The second kappa shape index (κ2) is 13.6. The van der Waals surface area contributed by atoms with E-state index >= 15 is 0 Å². The number of halogens is 3. The van der Waals surface area contributed by atoms with Gasteiger partial charge in [-0.3, -0.25) is 4.99 Å². The van der Waals surface area contributed by atoms with Crippen molar-refractivity contribution < 1.29 is 18.3 Å². The van der Waals surface area contributed by atoms with Gasteiger partial charge in [0.1, 0.15) is 17.3 Å². The molecule has 0 bridgehead atoms. The van der Waals surface area contributed by atoms with Crippen LogP contribution in [0.2, 0.25) is 0 Å². The van der Waals surface area contributed by atoms with Gasteiger partial charge in [0.25, 0.3) is 0 Å². The number of hydrogen-bond acceptors (Lipinski definition) is 4. The zero-order valence-corrected chi connectivity index (χ0v) is 20.8. The molecule has 0 spiro atoms. The summed E-state index contributed by atoms with van der Waals surface area (Å²) in [5, 5.41) is 6.34. The lowest BCUT2D eigenvalue weighted by Gasteiger charge is -2.15. The average molecular weight is 571 g/mol. The minimum Gasteiger partial charge on any atom is -0.497 e. The molecule has 0 saturated heterocycles. The van der Waals surface area contributed by atoms with Crippen LogP contribution >= 0.6 is 24.0 Å². The van der Waals surface area contributed by atoms with Crippen molar-refractivity contribution in [2.45, 2.75) is 26.1 Å². The van der Waals surface area contributed by atoms with Gasteiger partial charge in [-0.1, -0.05) is 30.3 Å². The minimum atomic E-state index is -2.90. The fraction of sp³-hybridized carbons (Fsp3) is 0.304. The summed E-state index contributed by atoms with van der Waals surface area (Å²) in [4.78, 5) is 8.64. The highest BCUT2D eigenvalue weighted by molar-refractivity contribution is 14.0. The van der Waals surface area contributed by atoms with Gasteiger partial charge in [0.15, 0.2) is 5.96 Å². The molecule has 0 fully saturated rings. The molecule has 0 aliphatic rings. The van der Waals surface area contributed by atoms with Crippen molar-refractivity contribution in [1.82, 2.24) is 20.2 Å². The van der Waals surface area contributed by atoms with Crippen LogP contribution in [-0.4, -0.2) is 42.8 Å². The molecule has 0 aliphatic carbocycles. The van der Waals surface area contributed by atoms with E-state index in [2.05, 4.69) is 42.0 Å². The van der Waals surface area contributed by atoms with Crippen LogP contribution in [0.25, 0.3) is 0 Å². The number of ether oxygens (including phenoxy) is 2. The van der Waals surface area contributed by atoms with E-state index in [-0.39, 0.29) is 36.3 Å². The Bertz CT molecular complexity index is 1020. The van der Waals surface area contributed by atoms with E-state index in [9.17, 15) is 8.78 Å².